The topological polar surface area (TPSA) is 0 Å². The SMILES string of the molecule is C/C=C\C=C(/C)C=P. The summed E-state index contributed by atoms with van der Waals surface area (Å²) in [5.41, 5.74) is 1.22. The van der Waals surface area contributed by atoms with Crippen molar-refractivity contribution in [3.05, 3.63) is 23.8 Å². The third-order valence-electron chi connectivity index (χ3n) is 0.779. The van der Waals surface area contributed by atoms with Gasteiger partial charge in [-0.05, 0) is 25.2 Å². The van der Waals surface area contributed by atoms with Gasteiger partial charge in [0.1, 0.15) is 0 Å². The van der Waals surface area contributed by atoms with Gasteiger partial charge in [-0.1, -0.05) is 18.2 Å². The summed E-state index contributed by atoms with van der Waals surface area (Å²) in [6.45, 7) is 4.03. The first-order chi connectivity index (χ1) is 3.81. The molecule has 0 N–H and O–H groups in total. The van der Waals surface area contributed by atoms with Crippen molar-refractivity contribution in [1.82, 2.24) is 0 Å². The van der Waals surface area contributed by atoms with Crippen LogP contribution in [0.1, 0.15) is 13.8 Å². The van der Waals surface area contributed by atoms with Gasteiger partial charge in [0, 0.05) is 0 Å². The van der Waals surface area contributed by atoms with E-state index in [1.807, 2.05) is 37.9 Å². The Morgan fingerprint density at radius 3 is 2.50 bits per heavy atom. The summed E-state index contributed by atoms with van der Waals surface area (Å²) < 4.78 is 0. The summed E-state index contributed by atoms with van der Waals surface area (Å²) in [6, 6.07) is 0. The van der Waals surface area contributed by atoms with Gasteiger partial charge in [0.05, 0.1) is 0 Å². The number of hydrogen-bond donors (Lipinski definition) is 0. The van der Waals surface area contributed by atoms with Crippen LogP contribution >= 0.6 is 8.86 Å². The molecule has 0 saturated carbocycles. The van der Waals surface area contributed by atoms with Crippen LogP contribution in [0.25, 0.3) is 0 Å². The molecule has 0 fully saturated rings. The van der Waals surface area contributed by atoms with Crippen LogP contribution < -0.4 is 0 Å². The van der Waals surface area contributed by atoms with Crippen LogP contribution in [0.2, 0.25) is 0 Å². The van der Waals surface area contributed by atoms with Gasteiger partial charge in [0.2, 0.25) is 0 Å². The molecule has 1 heteroatoms. The van der Waals surface area contributed by atoms with E-state index in [1.165, 1.54) is 5.57 Å². The maximum Gasteiger partial charge on any atom is -0.0390 e. The molecule has 0 aromatic carbocycles. The summed E-state index contributed by atoms with van der Waals surface area (Å²) in [7, 11) is 3.26. The lowest BCUT2D eigenvalue weighted by molar-refractivity contribution is 1.62. The van der Waals surface area contributed by atoms with E-state index >= 15 is 0 Å². The van der Waals surface area contributed by atoms with Gasteiger partial charge in [0.15, 0.2) is 0 Å². The van der Waals surface area contributed by atoms with Crippen LogP contribution in [0.5, 0.6) is 0 Å². The molecule has 0 saturated heterocycles. The zero-order chi connectivity index (χ0) is 6.41. The Morgan fingerprint density at radius 1 is 1.50 bits per heavy atom. The van der Waals surface area contributed by atoms with E-state index in [9.17, 15) is 0 Å². The average Bonchev–Trinajstić information content (AvgIpc) is 1.83. The Hall–Kier alpha value is -0.350. The lowest BCUT2D eigenvalue weighted by Crippen LogP contribution is -1.67. The summed E-state index contributed by atoms with van der Waals surface area (Å²) in [5, 5.41) is 0. The zero-order valence-corrected chi connectivity index (χ0v) is 6.31. The lowest BCUT2D eigenvalue weighted by Gasteiger charge is -1.80. The molecule has 0 aromatic heterocycles. The summed E-state index contributed by atoms with van der Waals surface area (Å²) in [6.07, 6.45) is 6.04. The van der Waals surface area contributed by atoms with Crippen molar-refractivity contribution in [2.24, 2.45) is 0 Å². The van der Waals surface area contributed by atoms with Gasteiger partial charge in [0.25, 0.3) is 0 Å². The number of allylic oxidation sites excluding steroid dienone is 4. The van der Waals surface area contributed by atoms with Crippen molar-refractivity contribution in [2.45, 2.75) is 13.8 Å². The lowest BCUT2D eigenvalue weighted by atomic mass is 10.3. The molecule has 0 aliphatic heterocycles. The molecule has 0 rings (SSSR count). The molecule has 0 unspecified atom stereocenters. The largest absolute Gasteiger partial charge is 0.122 e. The Morgan fingerprint density at radius 2 is 2.12 bits per heavy atom. The van der Waals surface area contributed by atoms with Crippen LogP contribution in [-0.2, 0) is 0 Å². The fraction of sp³-hybridized carbons (Fsp3) is 0.286. The van der Waals surface area contributed by atoms with Crippen molar-refractivity contribution in [3.8, 4) is 0 Å². The normalized spacial score (nSPS) is 12.5. The van der Waals surface area contributed by atoms with E-state index in [-0.39, 0.29) is 0 Å². The third-order valence-corrected chi connectivity index (χ3v) is 1.23. The Kier molecular flexibility index (Phi) is 4.59. The average molecular weight is 126 g/mol. The molecule has 0 nitrogen and oxygen atoms in total. The van der Waals surface area contributed by atoms with E-state index in [4.69, 9.17) is 0 Å². The molecule has 0 aromatic rings. The van der Waals surface area contributed by atoms with Crippen LogP contribution in [0.15, 0.2) is 23.8 Å². The van der Waals surface area contributed by atoms with Crippen LogP contribution in [0, 0.1) is 0 Å². The second kappa shape index (κ2) is 4.80. The third kappa shape index (κ3) is 3.83. The molecule has 0 aliphatic carbocycles. The highest BCUT2D eigenvalue weighted by atomic mass is 31.0. The van der Waals surface area contributed by atoms with Gasteiger partial charge in [-0.25, -0.2) is 0 Å². The molecule has 8 heavy (non-hydrogen) atoms. The summed E-state index contributed by atoms with van der Waals surface area (Å²) in [4.78, 5) is 0. The maximum absolute atomic E-state index is 3.26. The minimum Gasteiger partial charge on any atom is -0.122 e. The van der Waals surface area contributed by atoms with Crippen LogP contribution in [0.4, 0.5) is 0 Å². The maximum atomic E-state index is 3.26. The quantitative estimate of drug-likeness (QED) is 0.394. The summed E-state index contributed by atoms with van der Waals surface area (Å²) in [5.74, 6) is 1.89. The van der Waals surface area contributed by atoms with Gasteiger partial charge in [-0.3, -0.25) is 0 Å². The molecule has 0 radical (unpaired) electrons. The van der Waals surface area contributed by atoms with E-state index in [0.29, 0.717) is 0 Å². The fourth-order valence-electron chi connectivity index (χ4n) is 0.296. The zero-order valence-electron chi connectivity index (χ0n) is 5.31. The Labute approximate surface area is 53.1 Å². The second-order valence-corrected chi connectivity index (χ2v) is 1.87. The molecular weight excluding hydrogens is 115 g/mol. The van der Waals surface area contributed by atoms with Crippen molar-refractivity contribution in [2.75, 3.05) is 0 Å². The van der Waals surface area contributed by atoms with Crippen LogP contribution in [0.3, 0.4) is 0 Å². The number of rotatable bonds is 2. The first-order valence-corrected chi connectivity index (χ1v) is 3.19. The minimum atomic E-state index is 1.22. The highest BCUT2D eigenvalue weighted by Gasteiger charge is 1.70. The molecular formula is C7H11P. The van der Waals surface area contributed by atoms with E-state index < -0.39 is 0 Å². The molecule has 44 valence electrons. The van der Waals surface area contributed by atoms with E-state index in [2.05, 4.69) is 8.86 Å². The highest BCUT2D eigenvalue weighted by Crippen LogP contribution is 1.88. The van der Waals surface area contributed by atoms with Gasteiger partial charge >= 0.3 is 0 Å². The minimum absolute atomic E-state index is 1.22. The highest BCUT2D eigenvalue weighted by molar-refractivity contribution is 7.19. The number of hydrogen-bond acceptors (Lipinski definition) is 0. The molecule has 0 heterocycles. The standard InChI is InChI=1S/C7H11P/c1-3-4-5-7(2)6-8/h3-6,8H,1-2H3/b4-3-,7-5+. The van der Waals surface area contributed by atoms with Crippen molar-refractivity contribution >= 4 is 14.7 Å². The Bertz CT molecular complexity index is 120. The second-order valence-electron chi connectivity index (χ2n) is 1.58. The Balaban J connectivity index is 3.74. The predicted octanol–water partition coefficient (Wildman–Crippen LogP) is 2.45. The first-order valence-electron chi connectivity index (χ1n) is 2.61. The van der Waals surface area contributed by atoms with E-state index in [0.717, 1.165) is 0 Å². The van der Waals surface area contributed by atoms with Gasteiger partial charge < -0.3 is 0 Å². The van der Waals surface area contributed by atoms with Gasteiger partial charge in [-0.2, -0.15) is 0 Å². The van der Waals surface area contributed by atoms with Gasteiger partial charge in [-0.15, -0.1) is 8.86 Å². The predicted molar refractivity (Wildman–Crippen MR) is 43.0 cm³/mol. The first kappa shape index (κ1) is 7.65. The smallest absolute Gasteiger partial charge is 0.0390 e. The molecule has 0 atom stereocenters. The van der Waals surface area contributed by atoms with Crippen molar-refractivity contribution in [3.63, 3.8) is 0 Å². The molecule has 0 aliphatic rings. The monoisotopic (exact) mass is 126 g/mol. The molecule has 0 amide bonds. The van der Waals surface area contributed by atoms with Crippen molar-refractivity contribution < 1.29 is 0 Å². The van der Waals surface area contributed by atoms with Crippen LogP contribution in [-0.4, -0.2) is 5.80 Å². The fourth-order valence-corrected chi connectivity index (χ4v) is 0.392. The van der Waals surface area contributed by atoms with Crippen molar-refractivity contribution in [1.29, 1.82) is 0 Å². The summed E-state index contributed by atoms with van der Waals surface area (Å²) >= 11 is 0. The van der Waals surface area contributed by atoms with E-state index in [1.54, 1.807) is 0 Å². The molecule has 0 spiro atoms. The molecule has 0 bridgehead atoms.